The zero-order valence-corrected chi connectivity index (χ0v) is 23.0. The molecule has 2 heterocycles. The second-order valence-corrected chi connectivity index (χ2v) is 10.4. The number of methoxy groups -OCH3 is 2. The highest BCUT2D eigenvalue weighted by atomic mass is 32.1. The molecule has 39 heavy (non-hydrogen) atoms. The predicted octanol–water partition coefficient (Wildman–Crippen LogP) is 5.75. The number of esters is 1. The molecule has 0 radical (unpaired) electrons. The molecule has 0 bridgehead atoms. The van der Waals surface area contributed by atoms with E-state index < -0.39 is 11.9 Å². The molecule has 0 amide bonds. The number of thiophene rings is 1. The van der Waals surface area contributed by atoms with Crippen molar-refractivity contribution in [3.8, 4) is 17.2 Å². The summed E-state index contributed by atoms with van der Waals surface area (Å²) in [6.07, 6.45) is 1.05. The molecular weight excluding hydrogens is 514 g/mol. The lowest BCUT2D eigenvalue weighted by Gasteiger charge is -2.36. The van der Waals surface area contributed by atoms with E-state index in [-0.39, 0.29) is 24.9 Å². The molecule has 7 nitrogen and oxygen atoms in total. The first-order valence-electron chi connectivity index (χ1n) is 12.8. The molecule has 8 heteroatoms. The average Bonchev–Trinajstić information content (AvgIpc) is 3.50. The predicted molar refractivity (Wildman–Crippen MR) is 149 cm³/mol. The van der Waals surface area contributed by atoms with Crippen molar-refractivity contribution in [3.63, 3.8) is 0 Å². The number of dihydropyridines is 1. The van der Waals surface area contributed by atoms with Gasteiger partial charge in [-0.1, -0.05) is 36.4 Å². The van der Waals surface area contributed by atoms with Crippen LogP contribution < -0.4 is 19.5 Å². The highest BCUT2D eigenvalue weighted by Crippen LogP contribution is 2.49. The van der Waals surface area contributed by atoms with Crippen LogP contribution in [-0.4, -0.2) is 39.2 Å². The van der Waals surface area contributed by atoms with Gasteiger partial charge in [-0.15, -0.1) is 11.3 Å². The fourth-order valence-corrected chi connectivity index (χ4v) is 6.20. The van der Waals surface area contributed by atoms with Crippen molar-refractivity contribution in [1.29, 1.82) is 0 Å². The van der Waals surface area contributed by atoms with Crippen LogP contribution in [0.3, 0.4) is 0 Å². The maximum Gasteiger partial charge on any atom is 0.336 e. The molecule has 3 aromatic rings. The molecule has 0 spiro atoms. The number of allylic oxidation sites excluding steroid dienone is 3. The Hall–Kier alpha value is -4.04. The van der Waals surface area contributed by atoms with Crippen molar-refractivity contribution >= 4 is 23.1 Å². The van der Waals surface area contributed by atoms with E-state index in [1.54, 1.807) is 31.6 Å². The van der Waals surface area contributed by atoms with Gasteiger partial charge in [0.05, 0.1) is 25.7 Å². The lowest BCUT2D eigenvalue weighted by Crippen LogP contribution is -2.36. The number of benzene rings is 2. The normalized spacial score (nSPS) is 18.8. The van der Waals surface area contributed by atoms with Gasteiger partial charge in [-0.25, -0.2) is 4.79 Å². The van der Waals surface area contributed by atoms with Crippen LogP contribution in [-0.2, 0) is 14.3 Å². The van der Waals surface area contributed by atoms with Gasteiger partial charge in [-0.05, 0) is 43.0 Å². The monoisotopic (exact) mass is 545 g/mol. The van der Waals surface area contributed by atoms with Gasteiger partial charge in [0, 0.05) is 39.7 Å². The number of ketones is 1. The van der Waals surface area contributed by atoms with Crippen LogP contribution >= 0.6 is 11.3 Å². The molecule has 1 aliphatic heterocycles. The Morgan fingerprint density at radius 3 is 2.51 bits per heavy atom. The van der Waals surface area contributed by atoms with Gasteiger partial charge in [0.1, 0.15) is 19.0 Å². The van der Waals surface area contributed by atoms with Gasteiger partial charge in [0.25, 0.3) is 0 Å². The number of nitrogens with one attached hydrogen (secondary N) is 1. The first-order chi connectivity index (χ1) is 19.0. The number of hydrogen-bond donors (Lipinski definition) is 1. The number of carbonyl (C=O) groups is 2. The molecule has 0 saturated carbocycles. The van der Waals surface area contributed by atoms with E-state index in [4.69, 9.17) is 18.9 Å². The third kappa shape index (κ3) is 5.43. The first kappa shape index (κ1) is 26.6. The number of hydrogen-bond acceptors (Lipinski definition) is 8. The fourth-order valence-electron chi connectivity index (χ4n) is 5.37. The Kier molecular flexibility index (Phi) is 8.02. The summed E-state index contributed by atoms with van der Waals surface area (Å²) in [6, 6.07) is 18.9. The summed E-state index contributed by atoms with van der Waals surface area (Å²) in [6.45, 7) is 2.12. The Balaban J connectivity index is 1.48. The Morgan fingerprint density at radius 2 is 1.79 bits per heavy atom. The molecule has 1 N–H and O–H groups in total. The largest absolute Gasteiger partial charge is 0.493 e. The van der Waals surface area contributed by atoms with Crippen molar-refractivity contribution in [3.05, 3.63) is 99.0 Å². The van der Waals surface area contributed by atoms with Crippen LogP contribution in [0.1, 0.15) is 42.0 Å². The van der Waals surface area contributed by atoms with Crippen molar-refractivity contribution in [1.82, 2.24) is 5.32 Å². The molecule has 1 aliphatic carbocycles. The number of Topliss-reactive ketones (excluding diaryl/α,β-unsaturated/α-hetero) is 1. The second kappa shape index (κ2) is 11.8. The highest BCUT2D eigenvalue weighted by Gasteiger charge is 2.43. The lowest BCUT2D eigenvalue weighted by atomic mass is 9.72. The van der Waals surface area contributed by atoms with Gasteiger partial charge < -0.3 is 24.3 Å². The Labute approximate surface area is 232 Å². The standard InChI is InChI=1S/C31H31NO6S/c1-19-27(31(34)38-15-14-37-21-9-5-4-6-10-21)28(22-11-7-12-25(35-2)30(22)36-3)29-23(32-19)17-20(18-24(29)33)26-13-8-16-39-26/h4-13,16,20,28,32H,14-15,17-18H2,1-3H3. The SMILES string of the molecule is COc1cccc(C2C(C(=O)OCCOc3ccccc3)=C(C)NC3=C2C(=O)CC(c2cccs2)C3)c1OC. The second-order valence-electron chi connectivity index (χ2n) is 9.41. The van der Waals surface area contributed by atoms with E-state index in [9.17, 15) is 9.59 Å². The summed E-state index contributed by atoms with van der Waals surface area (Å²) in [5.41, 5.74) is 3.12. The molecule has 2 atom stereocenters. The Bertz CT molecular complexity index is 1410. The van der Waals surface area contributed by atoms with Crippen LogP contribution in [0.5, 0.6) is 17.2 Å². The van der Waals surface area contributed by atoms with Crippen LogP contribution in [0.15, 0.2) is 88.6 Å². The molecule has 0 fully saturated rings. The van der Waals surface area contributed by atoms with Crippen LogP contribution in [0.4, 0.5) is 0 Å². The van der Waals surface area contributed by atoms with Crippen molar-refractivity contribution in [2.24, 2.45) is 0 Å². The third-order valence-electron chi connectivity index (χ3n) is 7.07. The van der Waals surface area contributed by atoms with Gasteiger partial charge in [0.15, 0.2) is 17.3 Å². The van der Waals surface area contributed by atoms with E-state index in [0.717, 1.165) is 5.70 Å². The molecular formula is C31H31NO6S. The first-order valence-corrected chi connectivity index (χ1v) is 13.7. The Morgan fingerprint density at radius 1 is 0.974 bits per heavy atom. The van der Waals surface area contributed by atoms with Crippen molar-refractivity contribution < 1.29 is 28.5 Å². The zero-order chi connectivity index (χ0) is 27.4. The maximum atomic E-state index is 13.8. The molecule has 5 rings (SSSR count). The van der Waals surface area contributed by atoms with Crippen LogP contribution in [0, 0.1) is 0 Å². The summed E-state index contributed by atoms with van der Waals surface area (Å²) >= 11 is 1.66. The quantitative estimate of drug-likeness (QED) is 0.271. The topological polar surface area (TPSA) is 83.1 Å². The summed E-state index contributed by atoms with van der Waals surface area (Å²) < 4.78 is 22.7. The molecule has 202 valence electrons. The smallest absolute Gasteiger partial charge is 0.336 e. The fraction of sp³-hybridized carbons (Fsp3) is 0.290. The van der Waals surface area contributed by atoms with Crippen LogP contribution in [0.2, 0.25) is 0 Å². The number of carbonyl (C=O) groups excluding carboxylic acids is 2. The molecule has 2 aliphatic rings. The highest BCUT2D eigenvalue weighted by molar-refractivity contribution is 7.10. The maximum absolute atomic E-state index is 13.8. The van der Waals surface area contributed by atoms with Crippen molar-refractivity contribution in [2.45, 2.75) is 31.6 Å². The summed E-state index contributed by atoms with van der Waals surface area (Å²) in [5.74, 6) is 0.631. The molecule has 1 aromatic heterocycles. The van der Waals surface area contributed by atoms with Gasteiger partial charge in [0.2, 0.25) is 0 Å². The van der Waals surface area contributed by atoms with Crippen LogP contribution in [0.25, 0.3) is 0 Å². The summed E-state index contributed by atoms with van der Waals surface area (Å²) in [5, 5.41) is 5.42. The molecule has 0 saturated heterocycles. The van der Waals surface area contributed by atoms with E-state index >= 15 is 0 Å². The number of para-hydroxylation sites is 2. The van der Waals surface area contributed by atoms with E-state index in [1.165, 1.54) is 4.88 Å². The summed E-state index contributed by atoms with van der Waals surface area (Å²) in [7, 11) is 3.12. The van der Waals surface area contributed by atoms with Crippen molar-refractivity contribution in [2.75, 3.05) is 27.4 Å². The minimum absolute atomic E-state index is 0.00207. The van der Waals surface area contributed by atoms with Gasteiger partial charge >= 0.3 is 5.97 Å². The third-order valence-corrected chi connectivity index (χ3v) is 8.10. The average molecular weight is 546 g/mol. The van der Waals surface area contributed by atoms with E-state index in [2.05, 4.69) is 11.4 Å². The number of rotatable bonds is 9. The van der Waals surface area contributed by atoms with Gasteiger partial charge in [-0.3, -0.25) is 4.79 Å². The molecule has 2 aromatic carbocycles. The lowest BCUT2D eigenvalue weighted by molar-refractivity contribution is -0.140. The minimum atomic E-state index is -0.661. The zero-order valence-electron chi connectivity index (χ0n) is 22.2. The van der Waals surface area contributed by atoms with Gasteiger partial charge in [-0.2, -0.15) is 0 Å². The van der Waals surface area contributed by atoms with E-state index in [1.807, 2.05) is 60.8 Å². The van der Waals surface area contributed by atoms with E-state index in [0.29, 0.717) is 52.5 Å². The molecule has 2 unspecified atom stereocenters. The summed E-state index contributed by atoms with van der Waals surface area (Å²) in [4.78, 5) is 28.6. The number of ether oxygens (including phenoxy) is 4. The minimum Gasteiger partial charge on any atom is -0.493 e.